The maximum absolute atomic E-state index is 12.6. The van der Waals surface area contributed by atoms with Gasteiger partial charge in [-0.05, 0) is 54.3 Å². The van der Waals surface area contributed by atoms with Crippen LogP contribution in [0.15, 0.2) is 77.2 Å². The highest BCUT2D eigenvalue weighted by Gasteiger charge is 2.11. The number of rotatable bonds is 6. The summed E-state index contributed by atoms with van der Waals surface area (Å²) in [7, 11) is 0. The molecule has 0 atom stereocenters. The Morgan fingerprint density at radius 1 is 0.929 bits per heavy atom. The largest absolute Gasteiger partial charge is 0.441 e. The molecule has 1 amide bonds. The number of hydrogen-bond acceptors (Lipinski definition) is 3. The summed E-state index contributed by atoms with van der Waals surface area (Å²) in [5, 5.41) is 2.93. The molecule has 0 aliphatic carbocycles. The lowest BCUT2D eigenvalue weighted by Crippen LogP contribution is -2.11. The Kier molecular flexibility index (Phi) is 5.20. The van der Waals surface area contributed by atoms with E-state index in [0.717, 1.165) is 30.5 Å². The van der Waals surface area contributed by atoms with Gasteiger partial charge in [0.25, 0.3) is 5.91 Å². The number of fused-ring (bicyclic) bond motifs is 1. The zero-order valence-electron chi connectivity index (χ0n) is 15.8. The highest BCUT2D eigenvalue weighted by Crippen LogP contribution is 2.20. The van der Waals surface area contributed by atoms with Crippen molar-refractivity contribution in [3.05, 3.63) is 95.4 Å². The minimum Gasteiger partial charge on any atom is -0.441 e. The summed E-state index contributed by atoms with van der Waals surface area (Å²) in [5.74, 6) is 0.528. The van der Waals surface area contributed by atoms with Gasteiger partial charge in [0.2, 0.25) is 0 Å². The van der Waals surface area contributed by atoms with Gasteiger partial charge in [-0.1, -0.05) is 49.4 Å². The summed E-state index contributed by atoms with van der Waals surface area (Å²) in [6, 6.07) is 23.5. The van der Waals surface area contributed by atoms with E-state index in [9.17, 15) is 4.79 Å². The molecule has 3 aromatic carbocycles. The molecule has 0 saturated heterocycles. The topological polar surface area (TPSA) is 55.1 Å². The molecular weight excluding hydrogens is 348 g/mol. The average Bonchev–Trinajstić information content (AvgIpc) is 3.15. The van der Waals surface area contributed by atoms with Crippen LogP contribution in [0.3, 0.4) is 0 Å². The van der Waals surface area contributed by atoms with E-state index in [0.29, 0.717) is 17.0 Å². The molecule has 0 bridgehead atoms. The molecule has 0 radical (unpaired) electrons. The van der Waals surface area contributed by atoms with Gasteiger partial charge in [-0.15, -0.1) is 0 Å². The first kappa shape index (κ1) is 18.0. The predicted octanol–water partition coefficient (Wildman–Crippen LogP) is 5.43. The SMILES string of the molecule is CCc1ccc(NC(=O)c2ccc3nc(CCc4ccccc4)oc3c2)cc1. The monoisotopic (exact) mass is 370 g/mol. The highest BCUT2D eigenvalue weighted by molar-refractivity contribution is 6.05. The summed E-state index contributed by atoms with van der Waals surface area (Å²) in [5.41, 5.74) is 5.23. The molecule has 28 heavy (non-hydrogen) atoms. The van der Waals surface area contributed by atoms with E-state index in [1.807, 2.05) is 48.5 Å². The second kappa shape index (κ2) is 8.09. The number of carbonyl (C=O) groups excluding carboxylic acids is 1. The summed E-state index contributed by atoms with van der Waals surface area (Å²) >= 11 is 0. The number of hydrogen-bond donors (Lipinski definition) is 1. The zero-order valence-corrected chi connectivity index (χ0v) is 15.8. The van der Waals surface area contributed by atoms with Crippen molar-refractivity contribution in [3.8, 4) is 0 Å². The van der Waals surface area contributed by atoms with E-state index in [-0.39, 0.29) is 5.91 Å². The fourth-order valence-corrected chi connectivity index (χ4v) is 3.14. The summed E-state index contributed by atoms with van der Waals surface area (Å²) < 4.78 is 5.87. The van der Waals surface area contributed by atoms with E-state index in [4.69, 9.17) is 4.42 Å². The normalized spacial score (nSPS) is 10.9. The third-order valence-corrected chi connectivity index (χ3v) is 4.79. The number of aromatic nitrogens is 1. The molecule has 1 aromatic heterocycles. The molecule has 4 rings (SSSR count). The number of amides is 1. The van der Waals surface area contributed by atoms with Gasteiger partial charge < -0.3 is 9.73 Å². The minimum absolute atomic E-state index is 0.159. The zero-order chi connectivity index (χ0) is 19.3. The number of oxazole rings is 1. The standard InChI is InChI=1S/C24H22N2O2/c1-2-17-8-12-20(13-9-17)25-24(27)19-11-14-21-22(16-19)28-23(26-21)15-10-18-6-4-3-5-7-18/h3-9,11-14,16H,2,10,15H2,1H3,(H,25,27). The van der Waals surface area contributed by atoms with E-state index < -0.39 is 0 Å². The van der Waals surface area contributed by atoms with E-state index in [1.54, 1.807) is 12.1 Å². The van der Waals surface area contributed by atoms with Crippen LogP contribution in [0.25, 0.3) is 11.1 Å². The third kappa shape index (κ3) is 4.12. The Morgan fingerprint density at radius 3 is 2.46 bits per heavy atom. The van der Waals surface area contributed by atoms with Crippen LogP contribution in [-0.2, 0) is 19.3 Å². The Hall–Kier alpha value is -3.40. The average molecular weight is 370 g/mol. The number of aryl methyl sites for hydroxylation is 3. The molecule has 0 fully saturated rings. The van der Waals surface area contributed by atoms with E-state index in [1.165, 1.54) is 11.1 Å². The fraction of sp³-hybridized carbons (Fsp3) is 0.167. The lowest BCUT2D eigenvalue weighted by molar-refractivity contribution is 0.102. The van der Waals surface area contributed by atoms with E-state index in [2.05, 4.69) is 29.4 Å². The molecule has 0 saturated carbocycles. The van der Waals surface area contributed by atoms with Crippen molar-refractivity contribution in [2.75, 3.05) is 5.32 Å². The number of benzene rings is 3. The van der Waals surface area contributed by atoms with Crippen molar-refractivity contribution in [2.24, 2.45) is 0 Å². The second-order valence-corrected chi connectivity index (χ2v) is 6.78. The molecular formula is C24H22N2O2. The van der Waals surface area contributed by atoms with Gasteiger partial charge >= 0.3 is 0 Å². The predicted molar refractivity (Wildman–Crippen MR) is 112 cm³/mol. The molecule has 0 aliphatic heterocycles. The van der Waals surface area contributed by atoms with E-state index >= 15 is 0 Å². The van der Waals surface area contributed by atoms with Crippen LogP contribution in [0.1, 0.15) is 34.3 Å². The van der Waals surface area contributed by atoms with Crippen LogP contribution in [0.2, 0.25) is 0 Å². The molecule has 4 aromatic rings. The van der Waals surface area contributed by atoms with Crippen molar-refractivity contribution in [1.29, 1.82) is 0 Å². The Morgan fingerprint density at radius 2 is 1.71 bits per heavy atom. The molecule has 1 heterocycles. The van der Waals surface area contributed by atoms with Gasteiger partial charge in [-0.2, -0.15) is 0 Å². The number of anilines is 1. The molecule has 140 valence electrons. The van der Waals surface area contributed by atoms with Crippen LogP contribution in [0.5, 0.6) is 0 Å². The number of nitrogens with zero attached hydrogens (tertiary/aromatic N) is 1. The third-order valence-electron chi connectivity index (χ3n) is 4.79. The van der Waals surface area contributed by atoms with Crippen LogP contribution >= 0.6 is 0 Å². The molecule has 0 aliphatic rings. The molecule has 1 N–H and O–H groups in total. The van der Waals surface area contributed by atoms with Crippen molar-refractivity contribution in [2.45, 2.75) is 26.2 Å². The minimum atomic E-state index is -0.159. The lowest BCUT2D eigenvalue weighted by Gasteiger charge is -2.06. The molecule has 4 nitrogen and oxygen atoms in total. The molecule has 0 spiro atoms. The van der Waals surface area contributed by atoms with Crippen LogP contribution in [0, 0.1) is 0 Å². The van der Waals surface area contributed by atoms with Gasteiger partial charge in [-0.3, -0.25) is 4.79 Å². The molecule has 0 unspecified atom stereocenters. The van der Waals surface area contributed by atoms with Gasteiger partial charge in [-0.25, -0.2) is 4.98 Å². The van der Waals surface area contributed by atoms with Crippen LogP contribution in [-0.4, -0.2) is 10.9 Å². The van der Waals surface area contributed by atoms with Crippen LogP contribution < -0.4 is 5.32 Å². The maximum Gasteiger partial charge on any atom is 0.255 e. The van der Waals surface area contributed by atoms with Crippen molar-refractivity contribution < 1.29 is 9.21 Å². The van der Waals surface area contributed by atoms with Crippen molar-refractivity contribution >= 4 is 22.7 Å². The number of nitrogens with one attached hydrogen (secondary N) is 1. The first-order valence-corrected chi connectivity index (χ1v) is 9.55. The van der Waals surface area contributed by atoms with Crippen molar-refractivity contribution in [1.82, 2.24) is 4.98 Å². The summed E-state index contributed by atoms with van der Waals surface area (Å²) in [6.07, 6.45) is 2.57. The smallest absolute Gasteiger partial charge is 0.255 e. The fourth-order valence-electron chi connectivity index (χ4n) is 3.14. The maximum atomic E-state index is 12.6. The van der Waals surface area contributed by atoms with Crippen LogP contribution in [0.4, 0.5) is 5.69 Å². The van der Waals surface area contributed by atoms with Gasteiger partial charge in [0.15, 0.2) is 11.5 Å². The Labute approximate surface area is 164 Å². The first-order valence-electron chi connectivity index (χ1n) is 9.55. The first-order chi connectivity index (χ1) is 13.7. The van der Waals surface area contributed by atoms with Gasteiger partial charge in [0.1, 0.15) is 5.52 Å². The second-order valence-electron chi connectivity index (χ2n) is 6.78. The van der Waals surface area contributed by atoms with Gasteiger partial charge in [0, 0.05) is 17.7 Å². The summed E-state index contributed by atoms with van der Waals surface area (Å²) in [6.45, 7) is 2.11. The summed E-state index contributed by atoms with van der Waals surface area (Å²) in [4.78, 5) is 17.1. The van der Waals surface area contributed by atoms with Gasteiger partial charge in [0.05, 0.1) is 0 Å². The quantitative estimate of drug-likeness (QED) is 0.492. The Balaban J connectivity index is 1.46. The molecule has 4 heteroatoms. The lowest BCUT2D eigenvalue weighted by atomic mass is 10.1. The highest BCUT2D eigenvalue weighted by atomic mass is 16.3. The Bertz CT molecular complexity index is 1080. The number of carbonyl (C=O) groups is 1. The van der Waals surface area contributed by atoms with Crippen molar-refractivity contribution in [3.63, 3.8) is 0 Å².